The highest BCUT2D eigenvalue weighted by molar-refractivity contribution is 7.89. The second-order valence-corrected chi connectivity index (χ2v) is 7.02. The maximum absolute atomic E-state index is 12.2. The van der Waals surface area contributed by atoms with E-state index in [1.807, 2.05) is 0 Å². The summed E-state index contributed by atoms with van der Waals surface area (Å²) < 4.78 is 26.8. The summed E-state index contributed by atoms with van der Waals surface area (Å²) in [6, 6.07) is 5.01. The molecular weight excluding hydrogens is 349 g/mol. The van der Waals surface area contributed by atoms with E-state index >= 15 is 0 Å². The van der Waals surface area contributed by atoms with E-state index in [0.717, 1.165) is 13.1 Å². The van der Waals surface area contributed by atoms with Crippen LogP contribution in [0.2, 0.25) is 5.02 Å². The summed E-state index contributed by atoms with van der Waals surface area (Å²) in [7, 11) is -3.73. The second kappa shape index (κ2) is 8.12. The molecule has 1 unspecified atom stereocenters. The smallest absolute Gasteiger partial charge is 0.241 e. The van der Waals surface area contributed by atoms with Gasteiger partial charge in [0.2, 0.25) is 15.9 Å². The summed E-state index contributed by atoms with van der Waals surface area (Å²) in [5, 5.41) is 3.60. The summed E-state index contributed by atoms with van der Waals surface area (Å²) in [4.78, 5) is 14.0. The number of amides is 1. The highest BCUT2D eigenvalue weighted by Crippen LogP contribution is 2.14. The Morgan fingerprint density at radius 2 is 1.82 bits per heavy atom. The number of benzene rings is 1. The van der Waals surface area contributed by atoms with Gasteiger partial charge in [-0.2, -0.15) is 4.72 Å². The van der Waals surface area contributed by atoms with Crippen LogP contribution in [0, 0.1) is 0 Å². The highest BCUT2D eigenvalue weighted by Gasteiger charge is 2.26. The number of rotatable bonds is 4. The first-order chi connectivity index (χ1) is 9.90. The van der Waals surface area contributed by atoms with Crippen LogP contribution in [0.3, 0.4) is 0 Å². The predicted molar refractivity (Wildman–Crippen MR) is 87.9 cm³/mol. The molecule has 1 heterocycles. The van der Waals surface area contributed by atoms with E-state index in [9.17, 15) is 13.2 Å². The zero-order chi connectivity index (χ0) is 15.5. The third-order valence-corrected chi connectivity index (χ3v) is 5.06. The topological polar surface area (TPSA) is 78.5 Å². The van der Waals surface area contributed by atoms with Gasteiger partial charge in [-0.3, -0.25) is 4.79 Å². The van der Waals surface area contributed by atoms with E-state index in [1.165, 1.54) is 24.3 Å². The van der Waals surface area contributed by atoms with Gasteiger partial charge in [0.25, 0.3) is 0 Å². The molecule has 0 spiro atoms. The maximum Gasteiger partial charge on any atom is 0.241 e. The van der Waals surface area contributed by atoms with Crippen LogP contribution in [0.1, 0.15) is 6.92 Å². The molecule has 1 amide bonds. The molecule has 124 valence electrons. The number of sulfonamides is 1. The molecular formula is C13H19Cl2N3O3S. The minimum absolute atomic E-state index is 0. The molecule has 0 radical (unpaired) electrons. The van der Waals surface area contributed by atoms with Crippen LogP contribution in [-0.4, -0.2) is 51.4 Å². The molecule has 1 fully saturated rings. The van der Waals surface area contributed by atoms with E-state index in [1.54, 1.807) is 11.8 Å². The number of carbonyl (C=O) groups is 1. The second-order valence-electron chi connectivity index (χ2n) is 4.87. The quantitative estimate of drug-likeness (QED) is 0.827. The molecule has 1 atom stereocenters. The summed E-state index contributed by atoms with van der Waals surface area (Å²) in [5.41, 5.74) is 0. The SMILES string of the molecule is CC(NS(=O)(=O)c1ccc(Cl)cc1)C(=O)N1CCNCC1.Cl. The lowest BCUT2D eigenvalue weighted by molar-refractivity contribution is -0.133. The Hall–Kier alpha value is -0.860. The summed E-state index contributed by atoms with van der Waals surface area (Å²) in [5.74, 6) is -0.214. The van der Waals surface area contributed by atoms with Gasteiger partial charge >= 0.3 is 0 Å². The van der Waals surface area contributed by atoms with Crippen molar-refractivity contribution >= 4 is 39.9 Å². The molecule has 1 aromatic carbocycles. The zero-order valence-electron chi connectivity index (χ0n) is 12.1. The number of nitrogens with zero attached hydrogens (tertiary/aromatic N) is 1. The molecule has 9 heteroatoms. The standard InChI is InChI=1S/C13H18ClN3O3S.ClH/c1-10(13(18)17-8-6-15-7-9-17)16-21(19,20)12-4-2-11(14)3-5-12;/h2-5,10,15-16H,6-9H2,1H3;1H. The molecule has 22 heavy (non-hydrogen) atoms. The minimum atomic E-state index is -3.73. The number of hydrogen-bond acceptors (Lipinski definition) is 4. The number of carbonyl (C=O) groups excluding carboxylic acids is 1. The molecule has 0 bridgehead atoms. The fraction of sp³-hybridized carbons (Fsp3) is 0.462. The molecule has 1 aliphatic rings. The lowest BCUT2D eigenvalue weighted by Gasteiger charge is -2.29. The number of nitrogens with one attached hydrogen (secondary N) is 2. The van der Waals surface area contributed by atoms with E-state index in [2.05, 4.69) is 10.0 Å². The first-order valence-electron chi connectivity index (χ1n) is 6.67. The Morgan fingerprint density at radius 3 is 2.36 bits per heavy atom. The predicted octanol–water partition coefficient (Wildman–Crippen LogP) is 0.860. The molecule has 0 aliphatic carbocycles. The van der Waals surface area contributed by atoms with Gasteiger partial charge in [-0.15, -0.1) is 12.4 Å². The molecule has 1 saturated heterocycles. The minimum Gasteiger partial charge on any atom is -0.339 e. The average molecular weight is 368 g/mol. The van der Waals surface area contributed by atoms with Crippen molar-refractivity contribution in [1.29, 1.82) is 0 Å². The van der Waals surface area contributed by atoms with Crippen molar-refractivity contribution in [3.05, 3.63) is 29.3 Å². The van der Waals surface area contributed by atoms with Crippen molar-refractivity contribution in [1.82, 2.24) is 14.9 Å². The molecule has 1 aromatic rings. The Bertz CT molecular complexity index is 601. The third kappa shape index (κ3) is 4.82. The van der Waals surface area contributed by atoms with Crippen molar-refractivity contribution in [2.75, 3.05) is 26.2 Å². The largest absolute Gasteiger partial charge is 0.339 e. The normalized spacial score (nSPS) is 16.7. The first-order valence-corrected chi connectivity index (χ1v) is 8.54. The van der Waals surface area contributed by atoms with Crippen molar-refractivity contribution < 1.29 is 13.2 Å². The summed E-state index contributed by atoms with van der Waals surface area (Å²) in [6.45, 7) is 4.18. The summed E-state index contributed by atoms with van der Waals surface area (Å²) >= 11 is 5.74. The van der Waals surface area contributed by atoms with Crippen molar-refractivity contribution in [3.63, 3.8) is 0 Å². The highest BCUT2D eigenvalue weighted by atomic mass is 35.5. The average Bonchev–Trinajstić information content (AvgIpc) is 2.47. The van der Waals surface area contributed by atoms with E-state index in [-0.39, 0.29) is 23.2 Å². The molecule has 0 saturated carbocycles. The Morgan fingerprint density at radius 1 is 1.27 bits per heavy atom. The van der Waals surface area contributed by atoms with Crippen molar-refractivity contribution in [2.24, 2.45) is 0 Å². The lowest BCUT2D eigenvalue weighted by Crippen LogP contribution is -2.53. The van der Waals surface area contributed by atoms with Crippen molar-refractivity contribution in [3.8, 4) is 0 Å². The monoisotopic (exact) mass is 367 g/mol. The van der Waals surface area contributed by atoms with Gasteiger partial charge in [0.05, 0.1) is 10.9 Å². The van der Waals surface area contributed by atoms with Crippen LogP contribution < -0.4 is 10.0 Å². The van der Waals surface area contributed by atoms with Crippen LogP contribution in [0.25, 0.3) is 0 Å². The maximum atomic E-state index is 12.2. The first kappa shape index (κ1) is 19.2. The van der Waals surface area contributed by atoms with Gasteiger partial charge in [-0.1, -0.05) is 11.6 Å². The fourth-order valence-electron chi connectivity index (χ4n) is 2.12. The van der Waals surface area contributed by atoms with E-state index < -0.39 is 16.1 Å². The molecule has 2 N–H and O–H groups in total. The van der Waals surface area contributed by atoms with Gasteiger partial charge in [-0.25, -0.2) is 8.42 Å². The van der Waals surface area contributed by atoms with Crippen LogP contribution >= 0.6 is 24.0 Å². The van der Waals surface area contributed by atoms with E-state index in [4.69, 9.17) is 11.6 Å². The Balaban J connectivity index is 0.00000242. The van der Waals surface area contributed by atoms with Gasteiger partial charge in [0, 0.05) is 31.2 Å². The van der Waals surface area contributed by atoms with Crippen molar-refractivity contribution in [2.45, 2.75) is 17.9 Å². The van der Waals surface area contributed by atoms with E-state index in [0.29, 0.717) is 18.1 Å². The van der Waals surface area contributed by atoms with Crippen LogP contribution in [0.4, 0.5) is 0 Å². The van der Waals surface area contributed by atoms with Gasteiger partial charge in [-0.05, 0) is 31.2 Å². The van der Waals surface area contributed by atoms with Crippen LogP contribution in [0.15, 0.2) is 29.2 Å². The van der Waals surface area contributed by atoms with Crippen LogP contribution in [-0.2, 0) is 14.8 Å². The number of halogens is 2. The Labute approximate surface area is 141 Å². The van der Waals surface area contributed by atoms with Crippen LogP contribution in [0.5, 0.6) is 0 Å². The fourth-order valence-corrected chi connectivity index (χ4v) is 3.45. The summed E-state index contributed by atoms with van der Waals surface area (Å²) in [6.07, 6.45) is 0. The van der Waals surface area contributed by atoms with Gasteiger partial charge in [0.15, 0.2) is 0 Å². The third-order valence-electron chi connectivity index (χ3n) is 3.25. The zero-order valence-corrected chi connectivity index (χ0v) is 14.5. The molecule has 1 aliphatic heterocycles. The number of hydrogen-bond donors (Lipinski definition) is 2. The molecule has 6 nitrogen and oxygen atoms in total. The number of piperazine rings is 1. The van der Waals surface area contributed by atoms with Gasteiger partial charge < -0.3 is 10.2 Å². The lowest BCUT2D eigenvalue weighted by atomic mass is 10.2. The van der Waals surface area contributed by atoms with Gasteiger partial charge in [0.1, 0.15) is 0 Å². The molecule has 2 rings (SSSR count). The Kier molecular flexibility index (Phi) is 7.08. The molecule has 0 aromatic heterocycles.